The van der Waals surface area contributed by atoms with Crippen LogP contribution in [-0.4, -0.2) is 21.8 Å². The van der Waals surface area contributed by atoms with Crippen molar-refractivity contribution < 1.29 is 9.18 Å². The molecule has 3 aromatic rings. The van der Waals surface area contributed by atoms with Gasteiger partial charge in [-0.3, -0.25) is 9.59 Å². The molecule has 8 heteroatoms. The molecule has 1 amide bonds. The number of nitrogens with one attached hydrogen (secondary N) is 2. The predicted molar refractivity (Wildman–Crippen MR) is 101 cm³/mol. The van der Waals surface area contributed by atoms with E-state index in [0.717, 1.165) is 5.56 Å². The smallest absolute Gasteiger partial charge is 0.267 e. The molecule has 2 aromatic carbocycles. The summed E-state index contributed by atoms with van der Waals surface area (Å²) in [5, 5.41) is 11.0. The lowest BCUT2D eigenvalue weighted by molar-refractivity contribution is 0.0950. The molecule has 6 nitrogen and oxygen atoms in total. The topological polar surface area (TPSA) is 87.2 Å². The van der Waals surface area contributed by atoms with E-state index in [1.54, 1.807) is 37.3 Å². The molecule has 132 valence electrons. The van der Waals surface area contributed by atoms with E-state index in [1.165, 1.54) is 12.1 Å². The van der Waals surface area contributed by atoms with Gasteiger partial charge in [-0.2, -0.15) is 10.2 Å². The second-order valence-corrected chi connectivity index (χ2v) is 6.50. The number of nitrogens with zero attached hydrogens (tertiary/aromatic N) is 2. The van der Waals surface area contributed by atoms with Crippen LogP contribution in [0.1, 0.15) is 23.0 Å². The van der Waals surface area contributed by atoms with E-state index in [1.807, 2.05) is 0 Å². The standard InChI is InChI=1S/C18H14BrFN4O2/c1-10(8-11-6-7-12(20)9-15(11)19)21-24-18(26)16-13-4-2-3-5-14(13)17(25)23-22-16/h2-7,9H,8H2,1H3,(H,23,25)(H,24,26)/b21-10+. The molecule has 26 heavy (non-hydrogen) atoms. The Kier molecular flexibility index (Phi) is 5.22. The monoisotopic (exact) mass is 416 g/mol. The first-order valence-electron chi connectivity index (χ1n) is 7.70. The quantitative estimate of drug-likeness (QED) is 0.505. The van der Waals surface area contributed by atoms with Crippen molar-refractivity contribution in [2.45, 2.75) is 13.3 Å². The summed E-state index contributed by atoms with van der Waals surface area (Å²) in [4.78, 5) is 24.1. The highest BCUT2D eigenvalue weighted by atomic mass is 79.9. The summed E-state index contributed by atoms with van der Waals surface area (Å²) in [6, 6.07) is 11.1. The van der Waals surface area contributed by atoms with Crippen molar-refractivity contribution in [3.63, 3.8) is 0 Å². The van der Waals surface area contributed by atoms with Gasteiger partial charge in [0.05, 0.1) is 5.39 Å². The summed E-state index contributed by atoms with van der Waals surface area (Å²) in [5.41, 5.74) is 3.62. The maximum Gasteiger partial charge on any atom is 0.292 e. The maximum atomic E-state index is 13.1. The number of rotatable bonds is 4. The molecular weight excluding hydrogens is 403 g/mol. The summed E-state index contributed by atoms with van der Waals surface area (Å²) >= 11 is 3.30. The molecule has 1 heterocycles. The zero-order valence-electron chi connectivity index (χ0n) is 13.7. The van der Waals surface area contributed by atoms with Gasteiger partial charge >= 0.3 is 0 Å². The van der Waals surface area contributed by atoms with E-state index in [9.17, 15) is 14.0 Å². The summed E-state index contributed by atoms with van der Waals surface area (Å²) in [5.74, 6) is -0.866. The number of H-pyrrole nitrogens is 1. The average Bonchev–Trinajstić information content (AvgIpc) is 2.63. The molecule has 0 aliphatic carbocycles. The molecule has 0 atom stereocenters. The van der Waals surface area contributed by atoms with Crippen molar-refractivity contribution in [3.05, 3.63) is 74.4 Å². The van der Waals surface area contributed by atoms with Crippen LogP contribution in [0.2, 0.25) is 0 Å². The minimum atomic E-state index is -0.532. The third-order valence-corrected chi connectivity index (χ3v) is 4.46. The van der Waals surface area contributed by atoms with Gasteiger partial charge in [0.1, 0.15) is 5.82 Å². The Labute approximate surface area is 156 Å². The molecule has 0 aliphatic rings. The number of carbonyl (C=O) groups excluding carboxylic acids is 1. The molecule has 0 bridgehead atoms. The predicted octanol–water partition coefficient (Wildman–Crippen LogP) is 3.17. The van der Waals surface area contributed by atoms with Crippen LogP contribution in [0, 0.1) is 5.82 Å². The molecule has 1 aromatic heterocycles. The van der Waals surface area contributed by atoms with Crippen molar-refractivity contribution in [3.8, 4) is 0 Å². The van der Waals surface area contributed by atoms with Crippen LogP contribution in [0.3, 0.4) is 0 Å². The Bertz CT molecular complexity index is 1080. The van der Waals surface area contributed by atoms with E-state index in [-0.39, 0.29) is 17.1 Å². The van der Waals surface area contributed by atoms with Crippen LogP contribution in [0.25, 0.3) is 10.8 Å². The highest BCUT2D eigenvalue weighted by Gasteiger charge is 2.13. The summed E-state index contributed by atoms with van der Waals surface area (Å²) in [6.45, 7) is 1.74. The number of aromatic nitrogens is 2. The minimum Gasteiger partial charge on any atom is -0.267 e. The van der Waals surface area contributed by atoms with Crippen LogP contribution in [0.5, 0.6) is 0 Å². The largest absolute Gasteiger partial charge is 0.292 e. The lowest BCUT2D eigenvalue weighted by Crippen LogP contribution is -2.23. The molecule has 3 rings (SSSR count). The number of halogens is 2. The third kappa shape index (κ3) is 3.85. The van der Waals surface area contributed by atoms with E-state index in [2.05, 4.69) is 36.7 Å². The van der Waals surface area contributed by atoms with Gasteiger partial charge < -0.3 is 0 Å². The number of fused-ring (bicyclic) bond motifs is 1. The summed E-state index contributed by atoms with van der Waals surface area (Å²) < 4.78 is 13.8. The second-order valence-electron chi connectivity index (χ2n) is 5.65. The Hall–Kier alpha value is -2.87. The fourth-order valence-corrected chi connectivity index (χ4v) is 2.96. The Balaban J connectivity index is 1.79. The molecule has 0 radical (unpaired) electrons. The van der Waals surface area contributed by atoms with E-state index in [4.69, 9.17) is 0 Å². The van der Waals surface area contributed by atoms with Crippen molar-refractivity contribution >= 4 is 38.3 Å². The fraction of sp³-hybridized carbons (Fsp3) is 0.111. The van der Waals surface area contributed by atoms with Gasteiger partial charge in [-0.25, -0.2) is 14.9 Å². The van der Waals surface area contributed by atoms with Gasteiger partial charge in [0.25, 0.3) is 11.5 Å². The fourth-order valence-electron chi connectivity index (χ4n) is 2.47. The number of aromatic amines is 1. The SMILES string of the molecule is C/C(Cc1ccc(F)cc1Br)=N\NC(=O)c1n[nH]c(=O)c2ccccc12. The first-order valence-corrected chi connectivity index (χ1v) is 8.50. The molecule has 0 fully saturated rings. The highest BCUT2D eigenvalue weighted by molar-refractivity contribution is 9.10. The normalized spacial score (nSPS) is 11.6. The lowest BCUT2D eigenvalue weighted by Gasteiger charge is -2.06. The highest BCUT2D eigenvalue weighted by Crippen LogP contribution is 2.19. The van der Waals surface area contributed by atoms with Crippen LogP contribution in [-0.2, 0) is 6.42 Å². The molecule has 0 saturated heterocycles. The Morgan fingerprint density at radius 1 is 1.27 bits per heavy atom. The summed E-state index contributed by atoms with van der Waals surface area (Å²) in [7, 11) is 0. The molecule has 0 unspecified atom stereocenters. The van der Waals surface area contributed by atoms with Crippen molar-refractivity contribution in [1.82, 2.24) is 15.6 Å². The first kappa shape index (κ1) is 17.9. The molecule has 2 N–H and O–H groups in total. The molecular formula is C18H14BrFN4O2. The van der Waals surface area contributed by atoms with Gasteiger partial charge in [-0.1, -0.05) is 40.2 Å². The number of hydrazone groups is 1. The maximum absolute atomic E-state index is 13.1. The average molecular weight is 417 g/mol. The zero-order valence-corrected chi connectivity index (χ0v) is 15.3. The van der Waals surface area contributed by atoms with Gasteiger partial charge in [0.15, 0.2) is 5.69 Å². The number of hydrogen-bond acceptors (Lipinski definition) is 4. The van der Waals surface area contributed by atoms with Gasteiger partial charge in [0, 0.05) is 22.0 Å². The third-order valence-electron chi connectivity index (χ3n) is 3.72. The van der Waals surface area contributed by atoms with Crippen LogP contribution in [0.15, 0.2) is 56.8 Å². The first-order chi connectivity index (χ1) is 12.5. The second kappa shape index (κ2) is 7.57. The number of carbonyl (C=O) groups is 1. The summed E-state index contributed by atoms with van der Waals surface area (Å²) in [6.07, 6.45) is 0.431. The van der Waals surface area contributed by atoms with E-state index < -0.39 is 5.91 Å². The zero-order chi connectivity index (χ0) is 18.7. The van der Waals surface area contributed by atoms with Gasteiger partial charge in [-0.05, 0) is 30.7 Å². The molecule has 0 aliphatic heterocycles. The van der Waals surface area contributed by atoms with Gasteiger partial charge in [0.2, 0.25) is 0 Å². The Morgan fingerprint density at radius 3 is 2.73 bits per heavy atom. The lowest BCUT2D eigenvalue weighted by atomic mass is 10.1. The number of benzene rings is 2. The van der Waals surface area contributed by atoms with Crippen molar-refractivity contribution in [2.24, 2.45) is 5.10 Å². The van der Waals surface area contributed by atoms with Crippen LogP contribution >= 0.6 is 15.9 Å². The van der Waals surface area contributed by atoms with Crippen molar-refractivity contribution in [1.29, 1.82) is 0 Å². The molecule has 0 saturated carbocycles. The van der Waals surface area contributed by atoms with E-state index in [0.29, 0.717) is 27.4 Å². The number of amides is 1. The van der Waals surface area contributed by atoms with E-state index >= 15 is 0 Å². The number of hydrogen-bond donors (Lipinski definition) is 2. The van der Waals surface area contributed by atoms with Crippen molar-refractivity contribution in [2.75, 3.05) is 0 Å². The van der Waals surface area contributed by atoms with Crippen LogP contribution in [0.4, 0.5) is 4.39 Å². The van der Waals surface area contributed by atoms with Gasteiger partial charge in [-0.15, -0.1) is 0 Å². The molecule has 0 spiro atoms. The minimum absolute atomic E-state index is 0.0831. The Morgan fingerprint density at radius 2 is 2.00 bits per heavy atom. The van der Waals surface area contributed by atoms with Crippen LogP contribution < -0.4 is 11.0 Å².